The predicted octanol–water partition coefficient (Wildman–Crippen LogP) is 3.20. The van der Waals surface area contributed by atoms with Crippen LogP contribution in [0, 0.1) is 6.92 Å². The molecule has 0 unspecified atom stereocenters. The Balaban J connectivity index is 1.70. The lowest BCUT2D eigenvalue weighted by Gasteiger charge is -2.17. The van der Waals surface area contributed by atoms with Gasteiger partial charge in [-0.15, -0.1) is 11.3 Å². The van der Waals surface area contributed by atoms with E-state index in [1.165, 1.54) is 11.3 Å². The third kappa shape index (κ3) is 3.25. The van der Waals surface area contributed by atoms with E-state index < -0.39 is 0 Å². The van der Waals surface area contributed by atoms with E-state index in [1.807, 2.05) is 18.4 Å². The second-order valence-corrected chi connectivity index (χ2v) is 6.08. The molecular weight excluding hydrogens is 308 g/mol. The zero-order chi connectivity index (χ0) is 14.8. The first-order valence-corrected chi connectivity index (χ1v) is 7.70. The molecule has 0 aliphatic carbocycles. The summed E-state index contributed by atoms with van der Waals surface area (Å²) in [6.07, 6.45) is 1.81. The quantitative estimate of drug-likeness (QED) is 0.945. The molecule has 1 aliphatic rings. The van der Waals surface area contributed by atoms with E-state index in [2.05, 4.69) is 10.3 Å². The van der Waals surface area contributed by atoms with E-state index in [-0.39, 0.29) is 12.5 Å². The van der Waals surface area contributed by atoms with Gasteiger partial charge in [0.1, 0.15) is 17.4 Å². The maximum Gasteiger partial charge on any atom is 0.251 e. The number of carbonyl (C=O) groups is 1. The van der Waals surface area contributed by atoms with Gasteiger partial charge in [-0.1, -0.05) is 11.6 Å². The van der Waals surface area contributed by atoms with Crippen LogP contribution in [0.3, 0.4) is 0 Å². The van der Waals surface area contributed by atoms with Gasteiger partial charge in [0, 0.05) is 21.7 Å². The van der Waals surface area contributed by atoms with E-state index >= 15 is 0 Å². The Kier molecular flexibility index (Phi) is 3.94. The maximum atomic E-state index is 12.2. The van der Waals surface area contributed by atoms with E-state index in [0.29, 0.717) is 17.1 Å². The van der Waals surface area contributed by atoms with Crippen molar-refractivity contribution in [3.8, 4) is 5.75 Å². The molecule has 2 heterocycles. The van der Waals surface area contributed by atoms with Crippen LogP contribution >= 0.6 is 22.9 Å². The Morgan fingerprint density at radius 3 is 3.14 bits per heavy atom. The maximum absolute atomic E-state index is 12.2. The average molecular weight is 321 g/mol. The Morgan fingerprint density at radius 1 is 1.52 bits per heavy atom. The number of thiazole rings is 1. The SMILES string of the molecule is Cc1csc(CNC(=O)C2=Cc3cc(Cl)ccc3OC2)n1. The van der Waals surface area contributed by atoms with E-state index in [9.17, 15) is 4.79 Å². The van der Waals surface area contributed by atoms with Crippen LogP contribution in [0.1, 0.15) is 16.3 Å². The normalized spacial score (nSPS) is 13.1. The highest BCUT2D eigenvalue weighted by atomic mass is 35.5. The monoisotopic (exact) mass is 320 g/mol. The first-order chi connectivity index (χ1) is 10.1. The largest absolute Gasteiger partial charge is 0.488 e. The van der Waals surface area contributed by atoms with Crippen molar-refractivity contribution in [2.24, 2.45) is 0 Å². The first-order valence-electron chi connectivity index (χ1n) is 6.44. The number of amides is 1. The minimum Gasteiger partial charge on any atom is -0.488 e. The summed E-state index contributed by atoms with van der Waals surface area (Å²) in [5.74, 6) is 0.597. The molecule has 1 aromatic carbocycles. The number of aryl methyl sites for hydroxylation is 1. The molecule has 0 atom stereocenters. The highest BCUT2D eigenvalue weighted by molar-refractivity contribution is 7.09. The standard InChI is InChI=1S/C15H13ClN2O2S/c1-9-8-21-14(18-9)6-17-15(19)11-4-10-5-12(16)2-3-13(10)20-7-11/h2-5,8H,6-7H2,1H3,(H,17,19). The number of benzene rings is 1. The van der Waals surface area contributed by atoms with Crippen molar-refractivity contribution in [2.75, 3.05) is 6.61 Å². The summed E-state index contributed by atoms with van der Waals surface area (Å²) in [4.78, 5) is 16.5. The topological polar surface area (TPSA) is 51.2 Å². The molecule has 4 nitrogen and oxygen atoms in total. The van der Waals surface area contributed by atoms with Gasteiger partial charge in [0.15, 0.2) is 0 Å². The minimum atomic E-state index is -0.145. The molecule has 1 N–H and O–H groups in total. The van der Waals surface area contributed by atoms with Gasteiger partial charge in [0.25, 0.3) is 5.91 Å². The van der Waals surface area contributed by atoms with E-state index in [4.69, 9.17) is 16.3 Å². The van der Waals surface area contributed by atoms with Crippen LogP contribution < -0.4 is 10.1 Å². The second-order valence-electron chi connectivity index (χ2n) is 4.71. The summed E-state index contributed by atoms with van der Waals surface area (Å²) in [5, 5.41) is 6.33. The Morgan fingerprint density at radius 2 is 2.38 bits per heavy atom. The van der Waals surface area contributed by atoms with Crippen molar-refractivity contribution in [2.45, 2.75) is 13.5 Å². The third-order valence-electron chi connectivity index (χ3n) is 3.04. The number of halogens is 1. The highest BCUT2D eigenvalue weighted by Gasteiger charge is 2.17. The number of hydrogen-bond donors (Lipinski definition) is 1. The molecule has 0 saturated heterocycles. The van der Waals surface area contributed by atoms with Crippen LogP contribution in [0.2, 0.25) is 5.02 Å². The summed E-state index contributed by atoms with van der Waals surface area (Å²) >= 11 is 7.49. The molecule has 1 amide bonds. The molecule has 2 aromatic rings. The second kappa shape index (κ2) is 5.87. The lowest BCUT2D eigenvalue weighted by molar-refractivity contribution is -0.117. The summed E-state index contributed by atoms with van der Waals surface area (Å²) in [7, 11) is 0. The van der Waals surface area contributed by atoms with Crippen molar-refractivity contribution in [3.63, 3.8) is 0 Å². The molecule has 1 aliphatic heterocycles. The Bertz CT molecular complexity index is 724. The van der Waals surface area contributed by atoms with Gasteiger partial charge in [0.2, 0.25) is 0 Å². The number of carbonyl (C=O) groups excluding carboxylic acids is 1. The van der Waals surface area contributed by atoms with Crippen LogP contribution in [0.4, 0.5) is 0 Å². The highest BCUT2D eigenvalue weighted by Crippen LogP contribution is 2.28. The molecule has 0 fully saturated rings. The predicted molar refractivity (Wildman–Crippen MR) is 83.6 cm³/mol. The van der Waals surface area contributed by atoms with Gasteiger partial charge in [-0.25, -0.2) is 4.98 Å². The number of fused-ring (bicyclic) bond motifs is 1. The molecule has 0 saturated carbocycles. The molecule has 0 spiro atoms. The van der Waals surface area contributed by atoms with Crippen LogP contribution in [-0.4, -0.2) is 17.5 Å². The third-order valence-corrected chi connectivity index (χ3v) is 4.24. The number of hydrogen-bond acceptors (Lipinski definition) is 4. The lowest BCUT2D eigenvalue weighted by Crippen LogP contribution is -2.28. The molecule has 3 rings (SSSR count). The molecular formula is C15H13ClN2O2S. The summed E-state index contributed by atoms with van der Waals surface area (Å²) in [6.45, 7) is 2.62. The zero-order valence-corrected chi connectivity index (χ0v) is 12.9. The summed E-state index contributed by atoms with van der Waals surface area (Å²) < 4.78 is 5.57. The fourth-order valence-electron chi connectivity index (χ4n) is 2.03. The number of nitrogens with one attached hydrogen (secondary N) is 1. The molecule has 0 bridgehead atoms. The molecule has 1 aromatic heterocycles. The number of ether oxygens (including phenoxy) is 1. The van der Waals surface area contributed by atoms with Gasteiger partial charge in [0.05, 0.1) is 12.1 Å². The minimum absolute atomic E-state index is 0.145. The number of rotatable bonds is 3. The van der Waals surface area contributed by atoms with Crippen LogP contribution in [-0.2, 0) is 11.3 Å². The van der Waals surface area contributed by atoms with E-state index in [0.717, 1.165) is 22.0 Å². The summed E-state index contributed by atoms with van der Waals surface area (Å²) in [6, 6.07) is 5.36. The smallest absolute Gasteiger partial charge is 0.251 e. The zero-order valence-electron chi connectivity index (χ0n) is 11.4. The van der Waals surface area contributed by atoms with Gasteiger partial charge < -0.3 is 10.1 Å². The average Bonchev–Trinajstić information content (AvgIpc) is 2.89. The van der Waals surface area contributed by atoms with E-state index in [1.54, 1.807) is 18.2 Å². The van der Waals surface area contributed by atoms with Crippen molar-refractivity contribution in [1.29, 1.82) is 0 Å². The van der Waals surface area contributed by atoms with Crippen molar-refractivity contribution in [3.05, 3.63) is 50.4 Å². The van der Waals surface area contributed by atoms with Gasteiger partial charge in [-0.2, -0.15) is 0 Å². The lowest BCUT2D eigenvalue weighted by atomic mass is 10.1. The molecule has 0 radical (unpaired) electrons. The van der Waals surface area contributed by atoms with Crippen LogP contribution in [0.15, 0.2) is 29.2 Å². The summed E-state index contributed by atoms with van der Waals surface area (Å²) in [5.41, 5.74) is 2.37. The van der Waals surface area contributed by atoms with Crippen molar-refractivity contribution in [1.82, 2.24) is 10.3 Å². The van der Waals surface area contributed by atoms with Crippen molar-refractivity contribution >= 4 is 34.9 Å². The first kappa shape index (κ1) is 14.1. The van der Waals surface area contributed by atoms with Crippen molar-refractivity contribution < 1.29 is 9.53 Å². The van der Waals surface area contributed by atoms with Gasteiger partial charge in [-0.3, -0.25) is 4.79 Å². The van der Waals surface area contributed by atoms with Gasteiger partial charge in [-0.05, 0) is 31.2 Å². The fourth-order valence-corrected chi connectivity index (χ4v) is 2.92. The van der Waals surface area contributed by atoms with Crippen LogP contribution in [0.25, 0.3) is 6.08 Å². The van der Waals surface area contributed by atoms with Gasteiger partial charge >= 0.3 is 0 Å². The fraction of sp³-hybridized carbons (Fsp3) is 0.200. The Labute approximate surface area is 131 Å². The molecule has 21 heavy (non-hydrogen) atoms. The number of nitrogens with zero attached hydrogens (tertiary/aromatic N) is 1. The molecule has 6 heteroatoms. The number of aromatic nitrogens is 1. The Hall–Kier alpha value is -1.85. The van der Waals surface area contributed by atoms with Crippen LogP contribution in [0.5, 0.6) is 5.75 Å². The molecule has 108 valence electrons.